The number of aryl methyl sites for hydroxylation is 2. The second-order valence-electron chi connectivity index (χ2n) is 5.64. The molecule has 0 spiro atoms. The summed E-state index contributed by atoms with van der Waals surface area (Å²) in [5.74, 6) is -0.0143. The van der Waals surface area contributed by atoms with Gasteiger partial charge in [0.15, 0.2) is 0 Å². The number of rotatable bonds is 1. The number of aromatic nitrogens is 1. The maximum Gasteiger partial charge on any atom is 0.256 e. The number of H-pyrrole nitrogens is 1. The Morgan fingerprint density at radius 1 is 1.14 bits per heavy atom. The van der Waals surface area contributed by atoms with Crippen molar-refractivity contribution in [3.05, 3.63) is 50.4 Å². The third-order valence-electron chi connectivity index (χ3n) is 4.20. The number of carbonyl (C=O) groups excluding carboxylic acids is 1. The Bertz CT molecular complexity index is 750. The van der Waals surface area contributed by atoms with Gasteiger partial charge in [0.2, 0.25) is 0 Å². The molecule has 0 saturated heterocycles. The second kappa shape index (κ2) is 5.02. The normalized spacial score (nSPS) is 18.5. The summed E-state index contributed by atoms with van der Waals surface area (Å²) >= 11 is 2.28. The molecule has 0 unspecified atom stereocenters. The maximum absolute atomic E-state index is 12.2. The Hall–Kier alpha value is -1.56. The number of hydrogen-bond donors (Lipinski definition) is 2. The molecule has 0 fully saturated rings. The number of halogens is 1. The van der Waals surface area contributed by atoms with Crippen molar-refractivity contribution in [3.63, 3.8) is 0 Å². The highest BCUT2D eigenvalue weighted by Crippen LogP contribution is 2.34. The molecule has 2 heterocycles. The monoisotopic (exact) mass is 390 g/mol. The van der Waals surface area contributed by atoms with Gasteiger partial charge >= 0.3 is 0 Å². The van der Waals surface area contributed by atoms with Crippen LogP contribution in [0.25, 0.3) is 11.6 Å². The molecule has 1 aliphatic carbocycles. The van der Waals surface area contributed by atoms with E-state index in [-0.39, 0.29) is 5.91 Å². The van der Waals surface area contributed by atoms with Crippen molar-refractivity contribution < 1.29 is 4.79 Å². The Kier molecular flexibility index (Phi) is 3.14. The zero-order chi connectivity index (χ0) is 14.4. The van der Waals surface area contributed by atoms with Crippen molar-refractivity contribution in [1.29, 1.82) is 0 Å². The van der Waals surface area contributed by atoms with E-state index in [9.17, 15) is 4.79 Å². The van der Waals surface area contributed by atoms with E-state index in [2.05, 4.69) is 45.0 Å². The molecule has 21 heavy (non-hydrogen) atoms. The van der Waals surface area contributed by atoms with Gasteiger partial charge in [0.25, 0.3) is 5.91 Å². The molecule has 2 N–H and O–H groups in total. The zero-order valence-corrected chi connectivity index (χ0v) is 13.7. The first kappa shape index (κ1) is 13.1. The van der Waals surface area contributed by atoms with Crippen molar-refractivity contribution in [2.45, 2.75) is 25.7 Å². The minimum atomic E-state index is -0.0143. The summed E-state index contributed by atoms with van der Waals surface area (Å²) in [6.07, 6.45) is 6.78. The average Bonchev–Trinajstić information content (AvgIpc) is 3.01. The standard InChI is InChI=1S/C17H15IN2O/c18-11-5-6-16-13(8-11)14(17(21)20-16)9-12-7-10-3-1-2-4-15(10)19-12/h5-9,19H,1-4H2,(H,20,21). The van der Waals surface area contributed by atoms with E-state index < -0.39 is 0 Å². The highest BCUT2D eigenvalue weighted by molar-refractivity contribution is 14.1. The van der Waals surface area contributed by atoms with E-state index in [0.717, 1.165) is 38.9 Å². The molecule has 0 atom stereocenters. The van der Waals surface area contributed by atoms with Crippen LogP contribution in [0, 0.1) is 3.57 Å². The van der Waals surface area contributed by atoms with Gasteiger partial charge in [0, 0.05) is 26.2 Å². The molecule has 0 bridgehead atoms. The van der Waals surface area contributed by atoms with E-state index in [1.807, 2.05) is 18.2 Å². The van der Waals surface area contributed by atoms with E-state index in [0.29, 0.717) is 0 Å². The number of aromatic amines is 1. The number of carbonyl (C=O) groups is 1. The maximum atomic E-state index is 12.2. The SMILES string of the molecule is O=C1Nc2ccc(I)cc2C1=Cc1cc2c([nH]1)CCCC2. The first-order chi connectivity index (χ1) is 10.2. The predicted molar refractivity (Wildman–Crippen MR) is 93.1 cm³/mol. The minimum Gasteiger partial charge on any atom is -0.359 e. The molecule has 2 aromatic rings. The number of hydrogen-bond acceptors (Lipinski definition) is 1. The molecular formula is C17H15IN2O. The van der Waals surface area contributed by atoms with Crippen LogP contribution in [-0.4, -0.2) is 10.9 Å². The third kappa shape index (κ3) is 2.31. The smallest absolute Gasteiger partial charge is 0.256 e. The largest absolute Gasteiger partial charge is 0.359 e. The van der Waals surface area contributed by atoms with Crippen LogP contribution in [0.15, 0.2) is 24.3 Å². The van der Waals surface area contributed by atoms with Gasteiger partial charge in [-0.1, -0.05) is 0 Å². The van der Waals surface area contributed by atoms with Crippen LogP contribution in [0.2, 0.25) is 0 Å². The summed E-state index contributed by atoms with van der Waals surface area (Å²) in [5, 5.41) is 2.93. The van der Waals surface area contributed by atoms with Gasteiger partial charge < -0.3 is 10.3 Å². The predicted octanol–water partition coefficient (Wildman–Crippen LogP) is 3.99. The lowest BCUT2D eigenvalue weighted by Gasteiger charge is -2.08. The minimum absolute atomic E-state index is 0.0143. The van der Waals surface area contributed by atoms with Gasteiger partial charge in [-0.2, -0.15) is 0 Å². The van der Waals surface area contributed by atoms with Gasteiger partial charge in [-0.3, -0.25) is 4.79 Å². The first-order valence-electron chi connectivity index (χ1n) is 7.24. The number of fused-ring (bicyclic) bond motifs is 2. The molecule has 1 aromatic heterocycles. The van der Waals surface area contributed by atoms with Crippen LogP contribution in [0.1, 0.15) is 35.4 Å². The van der Waals surface area contributed by atoms with Crippen LogP contribution in [-0.2, 0) is 17.6 Å². The third-order valence-corrected chi connectivity index (χ3v) is 4.87. The molecule has 2 aliphatic rings. The van der Waals surface area contributed by atoms with E-state index in [4.69, 9.17) is 0 Å². The zero-order valence-electron chi connectivity index (χ0n) is 11.5. The fourth-order valence-corrected chi connectivity index (χ4v) is 3.66. The highest BCUT2D eigenvalue weighted by atomic mass is 127. The molecule has 0 radical (unpaired) electrons. The summed E-state index contributed by atoms with van der Waals surface area (Å²) in [7, 11) is 0. The Balaban J connectivity index is 1.78. The summed E-state index contributed by atoms with van der Waals surface area (Å²) in [6, 6.07) is 8.23. The number of benzene rings is 1. The fraction of sp³-hybridized carbons (Fsp3) is 0.235. The van der Waals surface area contributed by atoms with Crippen molar-refractivity contribution in [2.75, 3.05) is 5.32 Å². The molecule has 4 heteroatoms. The van der Waals surface area contributed by atoms with Gasteiger partial charge in [0.1, 0.15) is 0 Å². The van der Waals surface area contributed by atoms with Gasteiger partial charge in [-0.25, -0.2) is 0 Å². The van der Waals surface area contributed by atoms with Crippen molar-refractivity contribution in [1.82, 2.24) is 4.98 Å². The fourth-order valence-electron chi connectivity index (χ4n) is 3.17. The summed E-state index contributed by atoms with van der Waals surface area (Å²) in [4.78, 5) is 15.7. The lowest BCUT2D eigenvalue weighted by Crippen LogP contribution is -2.03. The number of amides is 1. The van der Waals surface area contributed by atoms with Gasteiger partial charge in [0.05, 0.1) is 5.57 Å². The molecule has 1 aromatic carbocycles. The van der Waals surface area contributed by atoms with E-state index in [1.165, 1.54) is 24.1 Å². The first-order valence-corrected chi connectivity index (χ1v) is 8.32. The quantitative estimate of drug-likeness (QED) is 0.562. The molecule has 0 saturated carbocycles. The topological polar surface area (TPSA) is 44.9 Å². The van der Waals surface area contributed by atoms with Gasteiger partial charge in [-0.05, 0) is 84.2 Å². The number of nitrogens with one attached hydrogen (secondary N) is 2. The van der Waals surface area contributed by atoms with Crippen LogP contribution >= 0.6 is 22.6 Å². The van der Waals surface area contributed by atoms with E-state index in [1.54, 1.807) is 0 Å². The molecular weight excluding hydrogens is 375 g/mol. The van der Waals surface area contributed by atoms with Crippen LogP contribution in [0.3, 0.4) is 0 Å². The molecule has 4 rings (SSSR count). The van der Waals surface area contributed by atoms with Crippen molar-refractivity contribution in [3.8, 4) is 0 Å². The van der Waals surface area contributed by atoms with Crippen LogP contribution in [0.5, 0.6) is 0 Å². The highest BCUT2D eigenvalue weighted by Gasteiger charge is 2.24. The molecule has 1 amide bonds. The molecule has 106 valence electrons. The Morgan fingerprint density at radius 2 is 2.00 bits per heavy atom. The van der Waals surface area contributed by atoms with Crippen molar-refractivity contribution >= 4 is 45.8 Å². The number of anilines is 1. The van der Waals surface area contributed by atoms with Crippen LogP contribution in [0.4, 0.5) is 5.69 Å². The Morgan fingerprint density at radius 3 is 2.86 bits per heavy atom. The molecule has 1 aliphatic heterocycles. The second-order valence-corrected chi connectivity index (χ2v) is 6.88. The summed E-state index contributed by atoms with van der Waals surface area (Å²) in [5.41, 5.74) is 6.45. The lowest BCUT2D eigenvalue weighted by atomic mass is 9.98. The summed E-state index contributed by atoms with van der Waals surface area (Å²) < 4.78 is 1.14. The average molecular weight is 390 g/mol. The van der Waals surface area contributed by atoms with E-state index >= 15 is 0 Å². The van der Waals surface area contributed by atoms with Crippen molar-refractivity contribution in [2.24, 2.45) is 0 Å². The lowest BCUT2D eigenvalue weighted by molar-refractivity contribution is -0.110. The van der Waals surface area contributed by atoms with Crippen LogP contribution < -0.4 is 5.32 Å². The Labute approximate surface area is 137 Å². The van der Waals surface area contributed by atoms with Gasteiger partial charge in [-0.15, -0.1) is 0 Å². The molecule has 3 nitrogen and oxygen atoms in total. The summed E-state index contributed by atoms with van der Waals surface area (Å²) in [6.45, 7) is 0.